The quantitative estimate of drug-likeness (QED) is 0.415. The van der Waals surface area contributed by atoms with Crippen molar-refractivity contribution in [1.29, 1.82) is 0 Å². The van der Waals surface area contributed by atoms with Crippen LogP contribution in [0.5, 0.6) is 0 Å². The third-order valence-electron chi connectivity index (χ3n) is 4.58. The van der Waals surface area contributed by atoms with Crippen LogP contribution in [0.15, 0.2) is 65.5 Å². The second kappa shape index (κ2) is 8.97. The summed E-state index contributed by atoms with van der Waals surface area (Å²) < 4.78 is 6.30. The molecule has 0 aliphatic heterocycles. The topological polar surface area (TPSA) is 61.2 Å². The van der Waals surface area contributed by atoms with E-state index in [9.17, 15) is 9.59 Å². The molecule has 0 aliphatic carbocycles. The first kappa shape index (κ1) is 20.0. The van der Waals surface area contributed by atoms with E-state index >= 15 is 0 Å². The van der Waals surface area contributed by atoms with E-state index in [0.29, 0.717) is 12.0 Å². The number of rotatable bonds is 6. The molecule has 0 saturated heterocycles. The molecule has 1 aromatic heterocycles. The monoisotopic (exact) mass is 440 g/mol. The van der Waals surface area contributed by atoms with Crippen LogP contribution in [0.25, 0.3) is 11.3 Å². The summed E-state index contributed by atoms with van der Waals surface area (Å²) in [6, 6.07) is 18.2. The Kier molecular flexibility index (Phi) is 6.41. The smallest absolute Gasteiger partial charge is 0.337 e. The Morgan fingerprint density at radius 2 is 1.93 bits per heavy atom. The second-order valence-corrected chi connectivity index (χ2v) is 6.94. The van der Waals surface area contributed by atoms with Crippen molar-refractivity contribution >= 4 is 21.9 Å². The van der Waals surface area contributed by atoms with Gasteiger partial charge in [-0.3, -0.25) is 4.79 Å². The Morgan fingerprint density at radius 1 is 1.14 bits per heavy atom. The summed E-state index contributed by atoms with van der Waals surface area (Å²) >= 11 is 3.47. The summed E-state index contributed by atoms with van der Waals surface area (Å²) in [6.07, 6.45) is 0.655. The predicted molar refractivity (Wildman–Crippen MR) is 113 cm³/mol. The highest BCUT2D eigenvalue weighted by molar-refractivity contribution is 9.08. The Bertz CT molecular complexity index is 1050. The van der Waals surface area contributed by atoms with Crippen LogP contribution in [0.4, 0.5) is 0 Å². The second-order valence-electron chi connectivity index (χ2n) is 6.38. The standard InChI is InChI=1S/C22H21BrN2O3/c1-3-20(17-8-5-9-18(13-17)22(27)28-2)25-21(26)11-10-19(24-25)16-7-4-6-15(12-16)14-23/h4-13,20H,3,14H2,1-2H3. The molecule has 0 saturated carbocycles. The average Bonchev–Trinajstić information content (AvgIpc) is 2.75. The number of benzene rings is 2. The van der Waals surface area contributed by atoms with Gasteiger partial charge in [-0.25, -0.2) is 9.48 Å². The van der Waals surface area contributed by atoms with Gasteiger partial charge in [0.1, 0.15) is 0 Å². The van der Waals surface area contributed by atoms with Crippen molar-refractivity contribution in [2.24, 2.45) is 0 Å². The fourth-order valence-electron chi connectivity index (χ4n) is 3.16. The molecule has 3 rings (SSSR count). The van der Waals surface area contributed by atoms with E-state index < -0.39 is 5.97 Å². The highest BCUT2D eigenvalue weighted by atomic mass is 79.9. The van der Waals surface area contributed by atoms with Crippen LogP contribution in [0.2, 0.25) is 0 Å². The zero-order chi connectivity index (χ0) is 20.1. The van der Waals surface area contributed by atoms with Gasteiger partial charge < -0.3 is 4.74 Å². The molecule has 0 N–H and O–H groups in total. The van der Waals surface area contributed by atoms with Gasteiger partial charge in [-0.05, 0) is 41.8 Å². The Labute approximate surface area is 172 Å². The molecule has 2 aromatic carbocycles. The van der Waals surface area contributed by atoms with E-state index in [1.807, 2.05) is 37.3 Å². The fraction of sp³-hybridized carbons (Fsp3) is 0.227. The number of esters is 1. The van der Waals surface area contributed by atoms with E-state index in [2.05, 4.69) is 21.0 Å². The minimum absolute atomic E-state index is 0.185. The van der Waals surface area contributed by atoms with Crippen molar-refractivity contribution in [3.8, 4) is 11.3 Å². The van der Waals surface area contributed by atoms with Crippen LogP contribution in [0, 0.1) is 0 Å². The van der Waals surface area contributed by atoms with Gasteiger partial charge in [-0.15, -0.1) is 0 Å². The molecule has 0 fully saturated rings. The summed E-state index contributed by atoms with van der Waals surface area (Å²) in [5, 5.41) is 5.38. The van der Waals surface area contributed by atoms with Gasteiger partial charge in [0.15, 0.2) is 0 Å². The molecule has 0 amide bonds. The molecule has 144 valence electrons. The summed E-state index contributed by atoms with van der Waals surface area (Å²) in [6.45, 7) is 1.99. The maximum atomic E-state index is 12.6. The number of ether oxygens (including phenoxy) is 1. The van der Waals surface area contributed by atoms with E-state index in [1.54, 1.807) is 24.3 Å². The van der Waals surface area contributed by atoms with Crippen LogP contribution in [-0.2, 0) is 10.1 Å². The predicted octanol–water partition coefficient (Wildman–Crippen LogP) is 4.59. The number of halogens is 1. The molecule has 1 heterocycles. The molecule has 0 spiro atoms. The maximum Gasteiger partial charge on any atom is 0.337 e. The third-order valence-corrected chi connectivity index (χ3v) is 5.22. The van der Waals surface area contributed by atoms with Gasteiger partial charge in [0, 0.05) is 17.0 Å². The minimum atomic E-state index is -0.405. The average molecular weight is 441 g/mol. The van der Waals surface area contributed by atoms with Crippen LogP contribution >= 0.6 is 15.9 Å². The first-order valence-corrected chi connectivity index (χ1v) is 10.1. The molecule has 6 heteroatoms. The number of methoxy groups -OCH3 is 1. The number of carbonyl (C=O) groups is 1. The van der Waals surface area contributed by atoms with Crippen molar-refractivity contribution in [3.05, 3.63) is 87.7 Å². The number of hydrogen-bond donors (Lipinski definition) is 0. The highest BCUT2D eigenvalue weighted by Gasteiger charge is 2.17. The Balaban J connectivity index is 2.06. The molecule has 0 radical (unpaired) electrons. The van der Waals surface area contributed by atoms with E-state index in [4.69, 9.17) is 4.74 Å². The van der Waals surface area contributed by atoms with Gasteiger partial charge in [0.05, 0.1) is 24.4 Å². The van der Waals surface area contributed by atoms with Crippen molar-refractivity contribution in [2.75, 3.05) is 7.11 Å². The zero-order valence-corrected chi connectivity index (χ0v) is 17.3. The number of carbonyl (C=O) groups excluding carboxylic acids is 1. The minimum Gasteiger partial charge on any atom is -0.465 e. The zero-order valence-electron chi connectivity index (χ0n) is 15.8. The van der Waals surface area contributed by atoms with Crippen molar-refractivity contribution in [3.63, 3.8) is 0 Å². The lowest BCUT2D eigenvalue weighted by Crippen LogP contribution is -2.27. The molecule has 28 heavy (non-hydrogen) atoms. The Hall–Kier alpha value is -2.73. The summed E-state index contributed by atoms with van der Waals surface area (Å²) in [5.74, 6) is -0.405. The number of alkyl halides is 1. The first-order valence-electron chi connectivity index (χ1n) is 9.00. The van der Waals surface area contributed by atoms with E-state index in [0.717, 1.165) is 27.7 Å². The Morgan fingerprint density at radius 3 is 2.64 bits per heavy atom. The molecule has 1 atom stereocenters. The largest absolute Gasteiger partial charge is 0.465 e. The maximum absolute atomic E-state index is 12.6. The number of hydrogen-bond acceptors (Lipinski definition) is 4. The summed E-state index contributed by atoms with van der Waals surface area (Å²) in [4.78, 5) is 24.4. The van der Waals surface area contributed by atoms with Gasteiger partial charge in [0.2, 0.25) is 0 Å². The van der Waals surface area contributed by atoms with E-state index in [-0.39, 0.29) is 11.6 Å². The summed E-state index contributed by atoms with van der Waals surface area (Å²) in [5.41, 5.74) is 3.92. The lowest BCUT2D eigenvalue weighted by Gasteiger charge is -2.19. The number of nitrogens with zero attached hydrogens (tertiary/aromatic N) is 2. The molecular formula is C22H21BrN2O3. The third kappa shape index (κ3) is 4.22. The van der Waals surface area contributed by atoms with Gasteiger partial charge in [-0.2, -0.15) is 5.10 Å². The molecule has 1 unspecified atom stereocenters. The van der Waals surface area contributed by atoms with Gasteiger partial charge in [0.25, 0.3) is 5.56 Å². The molecule has 0 bridgehead atoms. The van der Waals surface area contributed by atoms with Crippen LogP contribution in [0.3, 0.4) is 0 Å². The van der Waals surface area contributed by atoms with Crippen molar-refractivity contribution in [2.45, 2.75) is 24.7 Å². The van der Waals surface area contributed by atoms with Crippen LogP contribution in [-0.4, -0.2) is 22.9 Å². The van der Waals surface area contributed by atoms with Crippen LogP contribution in [0.1, 0.15) is 40.9 Å². The van der Waals surface area contributed by atoms with Crippen LogP contribution < -0.4 is 5.56 Å². The highest BCUT2D eigenvalue weighted by Crippen LogP contribution is 2.23. The lowest BCUT2D eigenvalue weighted by atomic mass is 10.0. The fourth-order valence-corrected chi connectivity index (χ4v) is 3.51. The van der Waals surface area contributed by atoms with Crippen molar-refractivity contribution < 1.29 is 9.53 Å². The SMILES string of the molecule is CCC(c1cccc(C(=O)OC)c1)n1nc(-c2cccc(CBr)c2)ccc1=O. The number of aromatic nitrogens is 2. The van der Waals surface area contributed by atoms with Gasteiger partial charge in [-0.1, -0.05) is 53.2 Å². The van der Waals surface area contributed by atoms with E-state index in [1.165, 1.54) is 17.9 Å². The molecular weight excluding hydrogens is 420 g/mol. The van der Waals surface area contributed by atoms with Gasteiger partial charge >= 0.3 is 5.97 Å². The summed E-state index contributed by atoms with van der Waals surface area (Å²) in [7, 11) is 1.35. The molecule has 5 nitrogen and oxygen atoms in total. The first-order chi connectivity index (χ1) is 13.6. The molecule has 3 aromatic rings. The normalized spacial score (nSPS) is 11.8. The lowest BCUT2D eigenvalue weighted by molar-refractivity contribution is 0.0600. The molecule has 0 aliphatic rings. The van der Waals surface area contributed by atoms with Crippen molar-refractivity contribution in [1.82, 2.24) is 9.78 Å².